The highest BCUT2D eigenvalue weighted by Gasteiger charge is 2.48. The van der Waals surface area contributed by atoms with Crippen molar-refractivity contribution in [3.05, 3.63) is 40.5 Å². The molecule has 1 fully saturated rings. The fourth-order valence-corrected chi connectivity index (χ4v) is 3.61. The Morgan fingerprint density at radius 1 is 1.23 bits per heavy atom. The Morgan fingerprint density at radius 2 is 2.00 bits per heavy atom. The third-order valence-electron chi connectivity index (χ3n) is 4.59. The lowest BCUT2D eigenvalue weighted by Crippen LogP contribution is -2.27. The molecule has 2 aliphatic rings. The molecular formula is C18H20ClN3. The van der Waals surface area contributed by atoms with Crippen molar-refractivity contribution in [2.45, 2.75) is 51.1 Å². The second-order valence-electron chi connectivity index (χ2n) is 7.42. The highest BCUT2D eigenvalue weighted by molar-refractivity contribution is 6.30. The quantitative estimate of drug-likeness (QED) is 0.758. The summed E-state index contributed by atoms with van der Waals surface area (Å²) in [6.07, 6.45) is 4.38. The van der Waals surface area contributed by atoms with E-state index in [2.05, 4.69) is 42.7 Å². The second kappa shape index (κ2) is 4.45. The average Bonchev–Trinajstić information content (AvgIpc) is 3.08. The molecule has 1 aromatic carbocycles. The highest BCUT2D eigenvalue weighted by Crippen LogP contribution is 2.47. The van der Waals surface area contributed by atoms with Crippen LogP contribution in [0.3, 0.4) is 0 Å². The number of benzene rings is 1. The average molecular weight is 314 g/mol. The van der Waals surface area contributed by atoms with Crippen LogP contribution in [0.25, 0.3) is 11.3 Å². The van der Waals surface area contributed by atoms with E-state index in [1.807, 2.05) is 18.2 Å². The van der Waals surface area contributed by atoms with Crippen LogP contribution in [0.1, 0.15) is 44.9 Å². The van der Waals surface area contributed by atoms with Crippen molar-refractivity contribution in [3.8, 4) is 11.3 Å². The largest absolute Gasteiger partial charge is 0.289 e. The van der Waals surface area contributed by atoms with Crippen LogP contribution in [0.4, 0.5) is 0 Å². The number of nitrogens with zero attached hydrogens (tertiary/aromatic N) is 3. The molecule has 0 amide bonds. The zero-order valence-electron chi connectivity index (χ0n) is 13.2. The van der Waals surface area contributed by atoms with Crippen molar-refractivity contribution in [1.82, 2.24) is 9.78 Å². The van der Waals surface area contributed by atoms with E-state index in [0.717, 1.165) is 35.7 Å². The lowest BCUT2D eigenvalue weighted by atomic mass is 9.83. The van der Waals surface area contributed by atoms with Gasteiger partial charge in [0.1, 0.15) is 0 Å². The van der Waals surface area contributed by atoms with E-state index in [9.17, 15) is 0 Å². The Kier molecular flexibility index (Phi) is 2.83. The number of hydrogen-bond acceptors (Lipinski definition) is 2. The molecule has 1 aromatic heterocycles. The van der Waals surface area contributed by atoms with E-state index in [4.69, 9.17) is 16.7 Å². The molecule has 2 heterocycles. The molecule has 0 N–H and O–H groups in total. The lowest BCUT2D eigenvalue weighted by molar-refractivity contribution is 0.509. The zero-order chi connectivity index (χ0) is 15.5. The molecule has 0 atom stereocenters. The minimum absolute atomic E-state index is 0.0220. The number of aromatic nitrogens is 2. The van der Waals surface area contributed by atoms with E-state index in [0.29, 0.717) is 0 Å². The number of hydrogen-bond donors (Lipinski definition) is 0. The summed E-state index contributed by atoms with van der Waals surface area (Å²) in [4.78, 5) is 4.62. The minimum Gasteiger partial charge on any atom is -0.289 e. The van der Waals surface area contributed by atoms with Gasteiger partial charge in [-0.1, -0.05) is 44.5 Å². The predicted molar refractivity (Wildman–Crippen MR) is 90.8 cm³/mol. The van der Waals surface area contributed by atoms with Gasteiger partial charge in [-0.25, -0.2) is 0 Å². The van der Waals surface area contributed by atoms with Crippen molar-refractivity contribution in [2.75, 3.05) is 0 Å². The SMILES string of the molecule is CC(C)(C)c1c(-c2cccc(Cl)c2)nn2c1CN=CC21CC1. The first-order chi connectivity index (χ1) is 10.4. The molecule has 2 aromatic rings. The first kappa shape index (κ1) is 14.0. The highest BCUT2D eigenvalue weighted by atomic mass is 35.5. The van der Waals surface area contributed by atoms with Gasteiger partial charge in [-0.05, 0) is 30.4 Å². The van der Waals surface area contributed by atoms with Crippen molar-refractivity contribution in [2.24, 2.45) is 4.99 Å². The van der Waals surface area contributed by atoms with Gasteiger partial charge >= 0.3 is 0 Å². The second-order valence-corrected chi connectivity index (χ2v) is 7.85. The third kappa shape index (κ3) is 2.03. The first-order valence-electron chi connectivity index (χ1n) is 7.80. The first-order valence-corrected chi connectivity index (χ1v) is 8.18. The van der Waals surface area contributed by atoms with Crippen LogP contribution in [0.2, 0.25) is 5.02 Å². The van der Waals surface area contributed by atoms with Crippen LogP contribution >= 0.6 is 11.6 Å². The van der Waals surface area contributed by atoms with Crippen molar-refractivity contribution in [1.29, 1.82) is 0 Å². The number of aliphatic imine (C=N–C) groups is 1. The molecule has 114 valence electrons. The normalized spacial score (nSPS) is 18.5. The Hall–Kier alpha value is -1.61. The summed E-state index contributed by atoms with van der Waals surface area (Å²) in [5, 5.41) is 5.76. The van der Waals surface area contributed by atoms with Crippen LogP contribution in [0.15, 0.2) is 29.3 Å². The molecule has 1 spiro atoms. The maximum Gasteiger partial charge on any atom is 0.0978 e. The molecule has 1 aliphatic carbocycles. The number of fused-ring (bicyclic) bond motifs is 2. The Morgan fingerprint density at radius 3 is 2.64 bits per heavy atom. The topological polar surface area (TPSA) is 30.2 Å². The summed E-state index contributed by atoms with van der Waals surface area (Å²) in [6.45, 7) is 7.46. The summed E-state index contributed by atoms with van der Waals surface area (Å²) in [7, 11) is 0. The Labute approximate surface area is 136 Å². The van der Waals surface area contributed by atoms with Crippen LogP contribution in [0, 0.1) is 0 Å². The van der Waals surface area contributed by atoms with Gasteiger partial charge in [0.25, 0.3) is 0 Å². The standard InChI is InChI=1S/C18H20ClN3/c1-17(2,3)15-14-10-20-11-18(7-8-18)22(14)21-16(15)12-5-4-6-13(19)9-12/h4-6,9,11H,7-8,10H2,1-3H3. The van der Waals surface area contributed by atoms with Crippen LogP contribution in [-0.2, 0) is 17.5 Å². The van der Waals surface area contributed by atoms with Gasteiger partial charge in [0.2, 0.25) is 0 Å². The molecule has 3 nitrogen and oxygen atoms in total. The van der Waals surface area contributed by atoms with Crippen LogP contribution < -0.4 is 0 Å². The maximum atomic E-state index is 6.20. The van der Waals surface area contributed by atoms with Crippen molar-refractivity contribution in [3.63, 3.8) is 0 Å². The van der Waals surface area contributed by atoms with Gasteiger partial charge in [0, 0.05) is 22.4 Å². The molecule has 22 heavy (non-hydrogen) atoms. The molecule has 1 aliphatic heterocycles. The summed E-state index contributed by atoms with van der Waals surface area (Å²) >= 11 is 6.20. The van der Waals surface area contributed by atoms with Gasteiger partial charge in [-0.3, -0.25) is 9.67 Å². The summed E-state index contributed by atoms with van der Waals surface area (Å²) in [5.41, 5.74) is 4.79. The van der Waals surface area contributed by atoms with Gasteiger partial charge in [0.15, 0.2) is 0 Å². The molecule has 1 saturated carbocycles. The molecule has 0 saturated heterocycles. The minimum atomic E-state index is 0.0220. The molecule has 0 unspecified atom stereocenters. The zero-order valence-corrected chi connectivity index (χ0v) is 14.0. The fourth-order valence-electron chi connectivity index (χ4n) is 3.42. The van der Waals surface area contributed by atoms with Crippen LogP contribution in [-0.4, -0.2) is 16.0 Å². The van der Waals surface area contributed by atoms with E-state index in [1.165, 1.54) is 11.3 Å². The van der Waals surface area contributed by atoms with Crippen molar-refractivity contribution < 1.29 is 0 Å². The summed E-state index contributed by atoms with van der Waals surface area (Å²) < 4.78 is 2.23. The lowest BCUT2D eigenvalue weighted by Gasteiger charge is -2.24. The van der Waals surface area contributed by atoms with Gasteiger partial charge in [-0.15, -0.1) is 0 Å². The Bertz CT molecular complexity index is 776. The van der Waals surface area contributed by atoms with Gasteiger partial charge in [0.05, 0.1) is 23.5 Å². The van der Waals surface area contributed by atoms with Gasteiger partial charge < -0.3 is 0 Å². The van der Waals surface area contributed by atoms with Crippen LogP contribution in [0.5, 0.6) is 0 Å². The third-order valence-corrected chi connectivity index (χ3v) is 4.82. The van der Waals surface area contributed by atoms with E-state index < -0.39 is 0 Å². The molecule has 0 radical (unpaired) electrons. The van der Waals surface area contributed by atoms with E-state index in [1.54, 1.807) is 0 Å². The summed E-state index contributed by atoms with van der Waals surface area (Å²) in [6, 6.07) is 8.00. The van der Waals surface area contributed by atoms with E-state index >= 15 is 0 Å². The van der Waals surface area contributed by atoms with E-state index in [-0.39, 0.29) is 11.0 Å². The summed E-state index contributed by atoms with van der Waals surface area (Å²) in [5.74, 6) is 0. The molecule has 4 rings (SSSR count). The Balaban J connectivity index is 1.98. The molecule has 4 heteroatoms. The monoisotopic (exact) mass is 313 g/mol. The molecule has 0 bridgehead atoms. The fraction of sp³-hybridized carbons (Fsp3) is 0.444. The maximum absolute atomic E-state index is 6.20. The van der Waals surface area contributed by atoms with Gasteiger partial charge in [-0.2, -0.15) is 5.10 Å². The molecular weight excluding hydrogens is 294 g/mol. The number of halogens is 1. The smallest absolute Gasteiger partial charge is 0.0978 e. The van der Waals surface area contributed by atoms with Crippen molar-refractivity contribution >= 4 is 17.8 Å². The number of rotatable bonds is 1. The predicted octanol–water partition coefficient (Wildman–Crippen LogP) is 4.57.